The second-order valence-electron chi connectivity index (χ2n) is 4.93. The summed E-state index contributed by atoms with van der Waals surface area (Å²) < 4.78 is 6.79. The normalized spacial score (nSPS) is 10.3. The Hall–Kier alpha value is -2.98. The van der Waals surface area contributed by atoms with E-state index in [-0.39, 0.29) is 0 Å². The van der Waals surface area contributed by atoms with Crippen molar-refractivity contribution in [3.05, 3.63) is 59.7 Å². The molecule has 7 heteroatoms. The lowest BCUT2D eigenvalue weighted by Gasteiger charge is -2.08. The Morgan fingerprint density at radius 3 is 2.71 bits per heavy atom. The first-order valence-corrected chi connectivity index (χ1v) is 8.18. The summed E-state index contributed by atoms with van der Waals surface area (Å²) in [5, 5.41) is 18.0. The lowest BCUT2D eigenvalue weighted by Crippen LogP contribution is -2.12. The van der Waals surface area contributed by atoms with Crippen molar-refractivity contribution < 1.29 is 4.74 Å². The third-order valence-electron chi connectivity index (χ3n) is 3.51. The zero-order valence-corrected chi connectivity index (χ0v) is 13.8. The molecule has 3 aromatic rings. The Labute approximate surface area is 143 Å². The average Bonchev–Trinajstić information content (AvgIpc) is 3.00. The van der Waals surface area contributed by atoms with Gasteiger partial charge >= 0.3 is 0 Å². The van der Waals surface area contributed by atoms with E-state index < -0.39 is 0 Å². The maximum Gasteiger partial charge on any atom is 0.210 e. The molecular weight excluding hydrogens is 322 g/mol. The van der Waals surface area contributed by atoms with Crippen LogP contribution in [-0.4, -0.2) is 22.0 Å². The highest BCUT2D eigenvalue weighted by Gasteiger charge is 2.16. The zero-order valence-electron chi connectivity index (χ0n) is 13.0. The molecule has 24 heavy (non-hydrogen) atoms. The van der Waals surface area contributed by atoms with Gasteiger partial charge in [0.15, 0.2) is 5.82 Å². The largest absolute Gasteiger partial charge is 0.496 e. The number of methoxy groups -OCH3 is 1. The summed E-state index contributed by atoms with van der Waals surface area (Å²) in [5.74, 6) is 7.95. The van der Waals surface area contributed by atoms with Gasteiger partial charge in [-0.25, -0.2) is 4.68 Å². The lowest BCUT2D eigenvalue weighted by molar-refractivity contribution is 0.416. The summed E-state index contributed by atoms with van der Waals surface area (Å²) >= 11 is 1.43. The van der Waals surface area contributed by atoms with Crippen molar-refractivity contribution in [3.63, 3.8) is 0 Å². The van der Waals surface area contributed by atoms with Gasteiger partial charge in [-0.3, -0.25) is 0 Å². The van der Waals surface area contributed by atoms with Crippen LogP contribution in [0.3, 0.4) is 0 Å². The van der Waals surface area contributed by atoms with Crippen LogP contribution >= 0.6 is 11.8 Å². The molecule has 3 rings (SSSR count). The van der Waals surface area contributed by atoms with Crippen molar-refractivity contribution in [1.29, 1.82) is 5.26 Å². The fourth-order valence-electron chi connectivity index (χ4n) is 2.29. The van der Waals surface area contributed by atoms with Gasteiger partial charge < -0.3 is 10.6 Å². The Morgan fingerprint density at radius 2 is 1.92 bits per heavy atom. The van der Waals surface area contributed by atoms with Crippen LogP contribution in [0.25, 0.3) is 11.4 Å². The molecule has 0 aliphatic carbocycles. The lowest BCUT2D eigenvalue weighted by atomic mass is 10.1. The van der Waals surface area contributed by atoms with Crippen LogP contribution in [0.5, 0.6) is 5.75 Å². The highest BCUT2D eigenvalue weighted by Crippen LogP contribution is 2.30. The number of hydrogen-bond acceptors (Lipinski definition) is 6. The molecule has 0 saturated carbocycles. The summed E-state index contributed by atoms with van der Waals surface area (Å²) in [7, 11) is 1.60. The molecule has 0 fully saturated rings. The average molecular weight is 337 g/mol. The van der Waals surface area contributed by atoms with Gasteiger partial charge in [0.1, 0.15) is 5.75 Å². The first-order chi connectivity index (χ1) is 11.7. The van der Waals surface area contributed by atoms with Crippen LogP contribution in [0.4, 0.5) is 0 Å². The molecule has 1 aromatic heterocycles. The van der Waals surface area contributed by atoms with Crippen LogP contribution in [-0.2, 0) is 5.75 Å². The van der Waals surface area contributed by atoms with Gasteiger partial charge in [-0.2, -0.15) is 5.26 Å². The molecule has 1 heterocycles. The van der Waals surface area contributed by atoms with Crippen LogP contribution in [0.15, 0.2) is 53.7 Å². The molecule has 0 bridgehead atoms. The van der Waals surface area contributed by atoms with Crippen molar-refractivity contribution in [2.75, 3.05) is 13.0 Å². The van der Waals surface area contributed by atoms with Crippen LogP contribution < -0.4 is 10.6 Å². The van der Waals surface area contributed by atoms with Gasteiger partial charge in [0.25, 0.3) is 0 Å². The predicted molar refractivity (Wildman–Crippen MR) is 92.9 cm³/mol. The predicted octanol–water partition coefficient (Wildman–Crippen LogP) is 2.83. The number of nitrogens with two attached hydrogens (primary N) is 1. The van der Waals surface area contributed by atoms with E-state index in [0.29, 0.717) is 28.0 Å². The standard InChI is InChI=1S/C17H15N5OS/c1-23-15-9-5-4-8-14(15)16-20-21-17(22(16)19)24-11-13-7-3-2-6-12(13)10-18/h2-9H,11,19H2,1H3. The van der Waals surface area contributed by atoms with E-state index in [1.54, 1.807) is 13.2 Å². The molecule has 0 unspecified atom stereocenters. The summed E-state index contributed by atoms with van der Waals surface area (Å²) in [5.41, 5.74) is 2.36. The third-order valence-corrected chi connectivity index (χ3v) is 4.50. The van der Waals surface area contributed by atoms with Crippen molar-refractivity contribution in [3.8, 4) is 23.2 Å². The van der Waals surface area contributed by atoms with E-state index in [1.807, 2.05) is 42.5 Å². The summed E-state index contributed by atoms with van der Waals surface area (Å²) in [6, 6.07) is 17.2. The van der Waals surface area contributed by atoms with Crippen molar-refractivity contribution in [2.45, 2.75) is 10.9 Å². The number of para-hydroxylation sites is 1. The number of benzene rings is 2. The molecule has 2 aromatic carbocycles. The number of nitrogen functional groups attached to an aromatic ring is 1. The highest BCUT2D eigenvalue weighted by molar-refractivity contribution is 7.98. The Kier molecular flexibility index (Phi) is 4.68. The van der Waals surface area contributed by atoms with Gasteiger partial charge in [0, 0.05) is 5.75 Å². The minimum Gasteiger partial charge on any atom is -0.496 e. The molecule has 0 radical (unpaired) electrons. The molecule has 0 amide bonds. The first kappa shape index (κ1) is 15.9. The highest BCUT2D eigenvalue weighted by atomic mass is 32.2. The Bertz CT molecular complexity index is 900. The Morgan fingerprint density at radius 1 is 1.17 bits per heavy atom. The van der Waals surface area contributed by atoms with Crippen LogP contribution in [0.1, 0.15) is 11.1 Å². The molecule has 6 nitrogen and oxygen atoms in total. The maximum atomic E-state index is 9.15. The van der Waals surface area contributed by atoms with Crippen molar-refractivity contribution in [1.82, 2.24) is 14.9 Å². The molecule has 0 aliphatic heterocycles. The quantitative estimate of drug-likeness (QED) is 0.569. The molecule has 0 aliphatic rings. The maximum absolute atomic E-state index is 9.15. The van der Waals surface area contributed by atoms with E-state index in [2.05, 4.69) is 16.3 Å². The Balaban J connectivity index is 1.85. The second-order valence-corrected chi connectivity index (χ2v) is 5.88. The zero-order chi connectivity index (χ0) is 16.9. The van der Waals surface area contributed by atoms with Gasteiger partial charge in [0.2, 0.25) is 5.16 Å². The molecule has 120 valence electrons. The van der Waals surface area contributed by atoms with E-state index in [4.69, 9.17) is 15.8 Å². The van der Waals surface area contributed by atoms with Crippen LogP contribution in [0.2, 0.25) is 0 Å². The topological polar surface area (TPSA) is 89.8 Å². The number of rotatable bonds is 5. The van der Waals surface area contributed by atoms with Gasteiger partial charge in [0.05, 0.1) is 24.3 Å². The number of aromatic nitrogens is 3. The number of ether oxygens (including phenoxy) is 1. The number of thioether (sulfide) groups is 1. The number of hydrogen-bond donors (Lipinski definition) is 1. The fraction of sp³-hybridized carbons (Fsp3) is 0.118. The van der Waals surface area contributed by atoms with E-state index >= 15 is 0 Å². The second kappa shape index (κ2) is 7.06. The third kappa shape index (κ3) is 3.05. The molecule has 0 saturated heterocycles. The van der Waals surface area contributed by atoms with Gasteiger partial charge in [-0.1, -0.05) is 42.1 Å². The van der Waals surface area contributed by atoms with Crippen LogP contribution in [0, 0.1) is 11.3 Å². The smallest absolute Gasteiger partial charge is 0.210 e. The SMILES string of the molecule is COc1ccccc1-c1nnc(SCc2ccccc2C#N)n1N. The fourth-order valence-corrected chi connectivity index (χ4v) is 3.15. The minimum atomic E-state index is 0.531. The molecule has 0 spiro atoms. The molecule has 0 atom stereocenters. The monoisotopic (exact) mass is 337 g/mol. The number of nitrogens with zero attached hydrogens (tertiary/aromatic N) is 4. The molecular formula is C17H15N5OS. The van der Waals surface area contributed by atoms with Gasteiger partial charge in [-0.05, 0) is 23.8 Å². The summed E-state index contributed by atoms with van der Waals surface area (Å²) in [6.45, 7) is 0. The minimum absolute atomic E-state index is 0.531. The summed E-state index contributed by atoms with van der Waals surface area (Å²) in [4.78, 5) is 0. The van der Waals surface area contributed by atoms with Gasteiger partial charge in [-0.15, -0.1) is 10.2 Å². The number of nitriles is 1. The van der Waals surface area contributed by atoms with Crippen molar-refractivity contribution in [2.24, 2.45) is 0 Å². The van der Waals surface area contributed by atoms with Crippen molar-refractivity contribution >= 4 is 11.8 Å². The molecule has 2 N–H and O–H groups in total. The van der Waals surface area contributed by atoms with E-state index in [1.165, 1.54) is 16.4 Å². The van der Waals surface area contributed by atoms with E-state index in [9.17, 15) is 0 Å². The summed E-state index contributed by atoms with van der Waals surface area (Å²) in [6.07, 6.45) is 0. The van der Waals surface area contributed by atoms with E-state index in [0.717, 1.165) is 11.1 Å². The first-order valence-electron chi connectivity index (χ1n) is 7.19.